The molecule has 1 rings (SSSR count). The van der Waals surface area contributed by atoms with Crippen molar-refractivity contribution in [3.05, 3.63) is 29.1 Å². The van der Waals surface area contributed by atoms with Crippen LogP contribution in [0.25, 0.3) is 0 Å². The molecule has 0 atom stereocenters. The summed E-state index contributed by atoms with van der Waals surface area (Å²) < 4.78 is 18.4. The van der Waals surface area contributed by atoms with Crippen LogP contribution in [0.3, 0.4) is 0 Å². The molecule has 0 unspecified atom stereocenters. The first kappa shape index (κ1) is 10.7. The van der Waals surface area contributed by atoms with E-state index in [1.165, 1.54) is 14.0 Å². The van der Waals surface area contributed by atoms with Crippen LogP contribution in [0.4, 0.5) is 4.39 Å². The monoisotopic (exact) mass is 196 g/mol. The predicted molar refractivity (Wildman–Crippen MR) is 52.1 cm³/mol. The van der Waals surface area contributed by atoms with Crippen molar-refractivity contribution < 1.29 is 13.9 Å². The molecule has 0 aliphatic rings. The fraction of sp³-hybridized carbons (Fsp3) is 0.364. The first-order valence-corrected chi connectivity index (χ1v) is 4.37. The van der Waals surface area contributed by atoms with E-state index in [2.05, 4.69) is 0 Å². The largest absolute Gasteiger partial charge is 0.493 e. The molecule has 0 aromatic heterocycles. The van der Waals surface area contributed by atoms with Gasteiger partial charge in [0, 0.05) is 12.0 Å². The van der Waals surface area contributed by atoms with Crippen molar-refractivity contribution in [2.45, 2.75) is 20.3 Å². The maximum atomic E-state index is 13.5. The molecule has 0 aliphatic heterocycles. The zero-order chi connectivity index (χ0) is 10.7. The molecule has 76 valence electrons. The molecular formula is C11H13FO2. The van der Waals surface area contributed by atoms with Gasteiger partial charge in [0.25, 0.3) is 0 Å². The Morgan fingerprint density at radius 1 is 1.50 bits per heavy atom. The lowest BCUT2D eigenvalue weighted by atomic mass is 10.1. The number of rotatable bonds is 3. The topological polar surface area (TPSA) is 26.3 Å². The van der Waals surface area contributed by atoms with Crippen molar-refractivity contribution in [1.29, 1.82) is 0 Å². The SMILES string of the molecule is COc1c(CC(C)=O)ccc(C)c1F. The number of benzene rings is 1. The van der Waals surface area contributed by atoms with Gasteiger partial charge in [0.2, 0.25) is 0 Å². The molecule has 0 N–H and O–H groups in total. The van der Waals surface area contributed by atoms with E-state index < -0.39 is 0 Å². The highest BCUT2D eigenvalue weighted by atomic mass is 19.1. The highest BCUT2D eigenvalue weighted by Gasteiger charge is 2.12. The van der Waals surface area contributed by atoms with Crippen molar-refractivity contribution in [2.24, 2.45) is 0 Å². The van der Waals surface area contributed by atoms with E-state index in [0.29, 0.717) is 11.1 Å². The fourth-order valence-corrected chi connectivity index (χ4v) is 1.32. The summed E-state index contributed by atoms with van der Waals surface area (Å²) in [6.07, 6.45) is 0.209. The number of carbonyl (C=O) groups is 1. The third kappa shape index (κ3) is 2.10. The average molecular weight is 196 g/mol. The molecule has 0 saturated carbocycles. The lowest BCUT2D eigenvalue weighted by molar-refractivity contribution is -0.116. The zero-order valence-electron chi connectivity index (χ0n) is 8.56. The molecule has 1 aromatic carbocycles. The summed E-state index contributed by atoms with van der Waals surface area (Å²) in [6.45, 7) is 3.13. The van der Waals surface area contributed by atoms with Crippen molar-refractivity contribution in [3.8, 4) is 5.75 Å². The van der Waals surface area contributed by atoms with Crippen molar-refractivity contribution in [2.75, 3.05) is 7.11 Å². The Morgan fingerprint density at radius 3 is 2.64 bits per heavy atom. The van der Waals surface area contributed by atoms with Gasteiger partial charge in [0.1, 0.15) is 5.78 Å². The molecule has 0 amide bonds. The number of ether oxygens (including phenoxy) is 1. The van der Waals surface area contributed by atoms with Gasteiger partial charge in [-0.3, -0.25) is 4.79 Å². The average Bonchev–Trinajstić information content (AvgIpc) is 2.11. The summed E-state index contributed by atoms with van der Waals surface area (Å²) in [5.41, 5.74) is 1.12. The molecule has 14 heavy (non-hydrogen) atoms. The number of carbonyl (C=O) groups excluding carboxylic acids is 1. The zero-order valence-corrected chi connectivity index (χ0v) is 8.56. The predicted octanol–water partition coefficient (Wildman–Crippen LogP) is 2.27. The van der Waals surface area contributed by atoms with Crippen LogP contribution in [0.5, 0.6) is 5.75 Å². The summed E-state index contributed by atoms with van der Waals surface area (Å²) in [4.78, 5) is 10.9. The van der Waals surface area contributed by atoms with Gasteiger partial charge in [-0.15, -0.1) is 0 Å². The maximum Gasteiger partial charge on any atom is 0.168 e. The van der Waals surface area contributed by atoms with Crippen molar-refractivity contribution in [1.82, 2.24) is 0 Å². The summed E-state index contributed by atoms with van der Waals surface area (Å²) in [7, 11) is 1.40. The fourth-order valence-electron chi connectivity index (χ4n) is 1.32. The molecule has 0 radical (unpaired) electrons. The van der Waals surface area contributed by atoms with Crippen LogP contribution in [0.1, 0.15) is 18.1 Å². The van der Waals surface area contributed by atoms with E-state index in [9.17, 15) is 9.18 Å². The Labute approximate surface area is 82.7 Å². The normalized spacial score (nSPS) is 10.0. The number of hydrogen-bond donors (Lipinski definition) is 0. The van der Waals surface area contributed by atoms with Gasteiger partial charge in [0.05, 0.1) is 7.11 Å². The third-order valence-electron chi connectivity index (χ3n) is 2.02. The first-order chi connectivity index (χ1) is 6.56. The van der Waals surface area contributed by atoms with E-state index in [1.807, 2.05) is 0 Å². The second kappa shape index (κ2) is 4.22. The molecule has 2 nitrogen and oxygen atoms in total. The Kier molecular flexibility index (Phi) is 3.23. The van der Waals surface area contributed by atoms with Gasteiger partial charge >= 0.3 is 0 Å². The maximum absolute atomic E-state index is 13.5. The quantitative estimate of drug-likeness (QED) is 0.741. The van der Waals surface area contributed by atoms with Crippen LogP contribution < -0.4 is 4.74 Å². The Balaban J connectivity index is 3.17. The van der Waals surface area contributed by atoms with Gasteiger partial charge in [-0.1, -0.05) is 12.1 Å². The standard InChI is InChI=1S/C11H13FO2/c1-7-4-5-9(6-8(2)13)11(14-3)10(7)12/h4-5H,6H2,1-3H3. The molecule has 3 heteroatoms. The highest BCUT2D eigenvalue weighted by molar-refractivity contribution is 5.79. The summed E-state index contributed by atoms with van der Waals surface area (Å²) in [6, 6.07) is 3.37. The summed E-state index contributed by atoms with van der Waals surface area (Å²) in [5.74, 6) is -0.210. The molecule has 0 heterocycles. The van der Waals surface area contributed by atoms with Crippen LogP contribution in [0.2, 0.25) is 0 Å². The molecule has 0 fully saturated rings. The van der Waals surface area contributed by atoms with Gasteiger partial charge in [-0.05, 0) is 19.4 Å². The van der Waals surface area contributed by atoms with Crippen molar-refractivity contribution >= 4 is 5.78 Å². The first-order valence-electron chi connectivity index (χ1n) is 4.37. The smallest absolute Gasteiger partial charge is 0.168 e. The summed E-state index contributed by atoms with van der Waals surface area (Å²) >= 11 is 0. The number of halogens is 1. The minimum Gasteiger partial charge on any atom is -0.493 e. The van der Waals surface area contributed by atoms with E-state index in [0.717, 1.165) is 0 Å². The van der Waals surface area contributed by atoms with Gasteiger partial charge in [0.15, 0.2) is 11.6 Å². The molecule has 0 spiro atoms. The number of methoxy groups -OCH3 is 1. The molecule has 0 bridgehead atoms. The van der Waals surface area contributed by atoms with Crippen LogP contribution in [0.15, 0.2) is 12.1 Å². The number of hydrogen-bond acceptors (Lipinski definition) is 2. The van der Waals surface area contributed by atoms with E-state index in [1.54, 1.807) is 19.1 Å². The Morgan fingerprint density at radius 2 is 2.14 bits per heavy atom. The highest BCUT2D eigenvalue weighted by Crippen LogP contribution is 2.25. The molecule has 1 aromatic rings. The Bertz CT molecular complexity index is 359. The van der Waals surface area contributed by atoms with E-state index >= 15 is 0 Å². The third-order valence-corrected chi connectivity index (χ3v) is 2.02. The molecule has 0 aliphatic carbocycles. The minimum atomic E-state index is -0.383. The second-order valence-corrected chi connectivity index (χ2v) is 3.27. The van der Waals surface area contributed by atoms with Gasteiger partial charge < -0.3 is 4.74 Å². The van der Waals surface area contributed by atoms with Crippen LogP contribution in [0, 0.1) is 12.7 Å². The second-order valence-electron chi connectivity index (χ2n) is 3.27. The van der Waals surface area contributed by atoms with E-state index in [4.69, 9.17) is 4.74 Å². The number of ketones is 1. The van der Waals surface area contributed by atoms with E-state index in [-0.39, 0.29) is 23.8 Å². The molecular weight excluding hydrogens is 183 g/mol. The number of aryl methyl sites for hydroxylation is 1. The lowest BCUT2D eigenvalue weighted by Gasteiger charge is -2.09. The van der Waals surface area contributed by atoms with Crippen LogP contribution >= 0.6 is 0 Å². The van der Waals surface area contributed by atoms with Gasteiger partial charge in [-0.2, -0.15) is 0 Å². The molecule has 0 saturated heterocycles. The van der Waals surface area contributed by atoms with Crippen molar-refractivity contribution in [3.63, 3.8) is 0 Å². The minimum absolute atomic E-state index is 0.00782. The number of Topliss-reactive ketones (excluding diaryl/α,β-unsaturated/α-hetero) is 1. The summed E-state index contributed by atoms with van der Waals surface area (Å²) in [5, 5.41) is 0. The van der Waals surface area contributed by atoms with Gasteiger partial charge in [-0.25, -0.2) is 4.39 Å². The van der Waals surface area contributed by atoms with Crippen LogP contribution in [-0.4, -0.2) is 12.9 Å². The van der Waals surface area contributed by atoms with Crippen LogP contribution in [-0.2, 0) is 11.2 Å². The lowest BCUT2D eigenvalue weighted by Crippen LogP contribution is -2.02. The Hall–Kier alpha value is -1.38.